The molecule has 2 aromatic carbocycles. The summed E-state index contributed by atoms with van der Waals surface area (Å²) in [6.07, 6.45) is 3.54. The molecule has 0 unspecified atom stereocenters. The number of Topliss-reactive ketones (excluding diaryl/α,β-unsaturated/α-hetero) is 1. The number of nitrogens with one attached hydrogen (secondary N) is 1. The molecule has 6 nitrogen and oxygen atoms in total. The largest absolute Gasteiger partial charge is 0.291 e. The van der Waals surface area contributed by atoms with Gasteiger partial charge in [-0.1, -0.05) is 29.8 Å². The zero-order chi connectivity index (χ0) is 19.7. The third-order valence-corrected chi connectivity index (χ3v) is 5.51. The monoisotopic (exact) mass is 396 g/mol. The van der Waals surface area contributed by atoms with E-state index in [0.717, 1.165) is 31.4 Å². The number of hydrazone groups is 1. The second kappa shape index (κ2) is 7.28. The third-order valence-electron chi connectivity index (χ3n) is 5.26. The zero-order valence-electron chi connectivity index (χ0n) is 15.6. The molecule has 1 amide bonds. The molecule has 1 N–H and O–H groups in total. The summed E-state index contributed by atoms with van der Waals surface area (Å²) in [6.45, 7) is 1.47. The Hall–Kier alpha value is -2.86. The van der Waals surface area contributed by atoms with Gasteiger partial charge in [0.25, 0.3) is 5.91 Å². The maximum atomic E-state index is 12.8. The van der Waals surface area contributed by atoms with Crippen LogP contribution in [0.3, 0.4) is 0 Å². The van der Waals surface area contributed by atoms with Gasteiger partial charge >= 0.3 is 0 Å². The molecule has 1 spiro atoms. The van der Waals surface area contributed by atoms with Gasteiger partial charge in [-0.3, -0.25) is 15.0 Å². The maximum Gasteiger partial charge on any atom is 0.269 e. The predicted octanol–water partition coefficient (Wildman–Crippen LogP) is 3.98. The average molecular weight is 397 g/mol. The lowest BCUT2D eigenvalue weighted by molar-refractivity contribution is -0.112. The molecule has 144 valence electrons. The van der Waals surface area contributed by atoms with Crippen LogP contribution in [0.15, 0.2) is 59.7 Å². The van der Waals surface area contributed by atoms with E-state index in [1.807, 2.05) is 35.3 Å². The molecular formula is C21H21ClN4O2. The normalized spacial score (nSPS) is 17.7. The molecule has 1 aliphatic heterocycles. The van der Waals surface area contributed by atoms with Crippen LogP contribution in [0.1, 0.15) is 43.0 Å². The van der Waals surface area contributed by atoms with Gasteiger partial charge < -0.3 is 0 Å². The number of amides is 1. The Morgan fingerprint density at radius 3 is 2.29 bits per heavy atom. The van der Waals surface area contributed by atoms with Gasteiger partial charge in [0.15, 0.2) is 11.4 Å². The number of hydrogen-bond donors (Lipinski definition) is 1. The van der Waals surface area contributed by atoms with Crippen LogP contribution in [0.2, 0.25) is 5.02 Å². The quantitative estimate of drug-likeness (QED) is 0.848. The number of hydrazine groups is 1. The molecule has 2 aromatic rings. The van der Waals surface area contributed by atoms with Gasteiger partial charge in [-0.2, -0.15) is 0 Å². The number of benzene rings is 2. The van der Waals surface area contributed by atoms with Crippen LogP contribution in [0.4, 0.5) is 5.69 Å². The molecule has 4 rings (SSSR count). The molecule has 0 bridgehead atoms. The lowest BCUT2D eigenvalue weighted by Gasteiger charge is -2.41. The van der Waals surface area contributed by atoms with Gasteiger partial charge in [-0.05, 0) is 62.1 Å². The van der Waals surface area contributed by atoms with E-state index in [0.29, 0.717) is 10.6 Å². The van der Waals surface area contributed by atoms with Crippen molar-refractivity contribution in [2.75, 3.05) is 5.01 Å². The van der Waals surface area contributed by atoms with Gasteiger partial charge in [-0.15, -0.1) is 5.10 Å². The highest BCUT2D eigenvalue weighted by atomic mass is 35.5. The fourth-order valence-electron chi connectivity index (χ4n) is 3.92. The number of ketones is 1. The van der Waals surface area contributed by atoms with Crippen molar-refractivity contribution in [3.8, 4) is 0 Å². The van der Waals surface area contributed by atoms with Gasteiger partial charge in [0.05, 0.1) is 5.69 Å². The fourth-order valence-corrected chi connectivity index (χ4v) is 4.05. The minimum Gasteiger partial charge on any atom is -0.291 e. The SMILES string of the molecule is CC(=O)C1=NN(c2ccc(Cl)cc2)C2(CCCC2)N1NC(=O)c1ccccc1. The van der Waals surface area contributed by atoms with Crippen LogP contribution in [0.25, 0.3) is 0 Å². The molecule has 1 heterocycles. The Morgan fingerprint density at radius 2 is 1.68 bits per heavy atom. The summed E-state index contributed by atoms with van der Waals surface area (Å²) in [7, 11) is 0. The van der Waals surface area contributed by atoms with Crippen LogP contribution in [-0.2, 0) is 4.79 Å². The lowest BCUT2D eigenvalue weighted by atomic mass is 10.1. The van der Waals surface area contributed by atoms with Crippen molar-refractivity contribution in [2.45, 2.75) is 38.3 Å². The van der Waals surface area contributed by atoms with Gasteiger partial charge in [-0.25, -0.2) is 10.0 Å². The van der Waals surface area contributed by atoms with Crippen molar-refractivity contribution >= 4 is 34.8 Å². The van der Waals surface area contributed by atoms with Gasteiger partial charge in [0.2, 0.25) is 5.84 Å². The summed E-state index contributed by atoms with van der Waals surface area (Å²) in [4.78, 5) is 25.2. The number of carbonyl (C=O) groups excluding carboxylic acids is 2. The lowest BCUT2D eigenvalue weighted by Crippen LogP contribution is -2.61. The Labute approximate surface area is 168 Å². The summed E-state index contributed by atoms with van der Waals surface area (Å²) < 4.78 is 0. The van der Waals surface area contributed by atoms with Crippen LogP contribution in [0.5, 0.6) is 0 Å². The molecule has 0 saturated heterocycles. The third kappa shape index (κ3) is 3.14. The van der Waals surface area contributed by atoms with Crippen molar-refractivity contribution < 1.29 is 9.59 Å². The first-order valence-corrected chi connectivity index (χ1v) is 9.71. The van der Waals surface area contributed by atoms with Crippen molar-refractivity contribution in [3.05, 3.63) is 65.2 Å². The number of rotatable bonds is 4. The van der Waals surface area contributed by atoms with E-state index in [4.69, 9.17) is 11.6 Å². The standard InChI is InChI=1S/C21H21ClN4O2/c1-15(27)19-23-25(18-11-9-17(22)10-12-18)21(13-5-6-14-21)26(19)24-20(28)16-7-3-2-4-8-16/h2-4,7-12H,5-6,13-14H2,1H3,(H,24,28). The van der Waals surface area contributed by atoms with E-state index in [9.17, 15) is 9.59 Å². The number of hydrogen-bond acceptors (Lipinski definition) is 5. The zero-order valence-corrected chi connectivity index (χ0v) is 16.3. The number of amidine groups is 1. The van der Waals surface area contributed by atoms with Gasteiger partial charge in [0.1, 0.15) is 0 Å². The molecule has 7 heteroatoms. The van der Waals surface area contributed by atoms with Crippen LogP contribution in [0, 0.1) is 0 Å². The van der Waals surface area contributed by atoms with E-state index in [1.54, 1.807) is 29.3 Å². The summed E-state index contributed by atoms with van der Waals surface area (Å²) >= 11 is 6.04. The molecule has 2 aliphatic rings. The second-order valence-electron chi connectivity index (χ2n) is 7.10. The van der Waals surface area contributed by atoms with E-state index in [-0.39, 0.29) is 17.5 Å². The molecule has 0 atom stereocenters. The first kappa shape index (κ1) is 18.5. The highest BCUT2D eigenvalue weighted by molar-refractivity contribution is 6.39. The van der Waals surface area contributed by atoms with E-state index < -0.39 is 5.66 Å². The molecule has 0 aromatic heterocycles. The van der Waals surface area contributed by atoms with Crippen LogP contribution < -0.4 is 10.4 Å². The number of halogens is 1. The predicted molar refractivity (Wildman–Crippen MR) is 109 cm³/mol. The van der Waals surface area contributed by atoms with E-state index in [2.05, 4.69) is 10.5 Å². The van der Waals surface area contributed by atoms with Crippen molar-refractivity contribution in [2.24, 2.45) is 5.10 Å². The van der Waals surface area contributed by atoms with Crippen molar-refractivity contribution in [1.82, 2.24) is 10.4 Å². The highest BCUT2D eigenvalue weighted by Gasteiger charge is 2.53. The number of carbonyl (C=O) groups is 2. The number of anilines is 1. The molecule has 1 aliphatic carbocycles. The minimum absolute atomic E-state index is 0.198. The molecule has 28 heavy (non-hydrogen) atoms. The smallest absolute Gasteiger partial charge is 0.269 e. The Balaban J connectivity index is 1.73. The molecule has 0 radical (unpaired) electrons. The van der Waals surface area contributed by atoms with Gasteiger partial charge in [0, 0.05) is 17.5 Å². The first-order valence-electron chi connectivity index (χ1n) is 9.33. The topological polar surface area (TPSA) is 65.0 Å². The average Bonchev–Trinajstić information content (AvgIpc) is 3.30. The molecule has 1 fully saturated rings. The first-order chi connectivity index (χ1) is 13.5. The summed E-state index contributed by atoms with van der Waals surface area (Å²) in [6, 6.07) is 16.3. The maximum absolute atomic E-state index is 12.8. The Kier molecular flexibility index (Phi) is 4.81. The molecule has 1 saturated carbocycles. The summed E-state index contributed by atoms with van der Waals surface area (Å²) in [5, 5.41) is 8.78. The minimum atomic E-state index is -0.598. The van der Waals surface area contributed by atoms with Crippen LogP contribution in [-0.4, -0.2) is 28.2 Å². The van der Waals surface area contributed by atoms with E-state index >= 15 is 0 Å². The van der Waals surface area contributed by atoms with E-state index in [1.165, 1.54) is 6.92 Å². The Morgan fingerprint density at radius 1 is 1.04 bits per heavy atom. The molecular weight excluding hydrogens is 376 g/mol. The second-order valence-corrected chi connectivity index (χ2v) is 7.54. The Bertz CT molecular complexity index is 921. The summed E-state index contributed by atoms with van der Waals surface area (Å²) in [5.41, 5.74) is 3.71. The number of nitrogens with zero attached hydrogens (tertiary/aromatic N) is 3. The van der Waals surface area contributed by atoms with Crippen molar-refractivity contribution in [1.29, 1.82) is 0 Å². The summed E-state index contributed by atoms with van der Waals surface area (Å²) in [5.74, 6) is -0.226. The highest BCUT2D eigenvalue weighted by Crippen LogP contribution is 2.44. The fraction of sp³-hybridized carbons (Fsp3) is 0.286. The van der Waals surface area contributed by atoms with Crippen LogP contribution >= 0.6 is 11.6 Å². The van der Waals surface area contributed by atoms with Crippen molar-refractivity contribution in [3.63, 3.8) is 0 Å².